The van der Waals surface area contributed by atoms with Gasteiger partial charge in [0.2, 0.25) is 0 Å². The van der Waals surface area contributed by atoms with E-state index in [0.717, 1.165) is 0 Å². The zero-order chi connectivity index (χ0) is 18.9. The SMILES string of the molecule is CCOc1cc(C=C(C#N)C(=O)NNC(=O)c2ccccc2)ccc1O. The van der Waals surface area contributed by atoms with E-state index >= 15 is 0 Å². The molecule has 0 saturated carbocycles. The van der Waals surface area contributed by atoms with Crippen LogP contribution >= 0.6 is 0 Å². The zero-order valence-electron chi connectivity index (χ0n) is 14.0. The summed E-state index contributed by atoms with van der Waals surface area (Å²) >= 11 is 0. The van der Waals surface area contributed by atoms with E-state index in [0.29, 0.717) is 17.7 Å². The number of nitrogens with one attached hydrogen (secondary N) is 2. The molecule has 0 aliphatic carbocycles. The number of benzene rings is 2. The minimum atomic E-state index is -0.761. The molecule has 0 radical (unpaired) electrons. The van der Waals surface area contributed by atoms with Crippen molar-refractivity contribution in [3.05, 3.63) is 65.2 Å². The Balaban J connectivity index is 2.09. The van der Waals surface area contributed by atoms with E-state index in [1.165, 1.54) is 24.3 Å². The molecule has 3 N–H and O–H groups in total. The van der Waals surface area contributed by atoms with Crippen LogP contribution < -0.4 is 15.6 Å². The third-order valence-corrected chi connectivity index (χ3v) is 3.29. The molecule has 0 heterocycles. The van der Waals surface area contributed by atoms with Gasteiger partial charge in [-0.1, -0.05) is 24.3 Å². The number of aromatic hydroxyl groups is 1. The molecule has 0 aliphatic heterocycles. The van der Waals surface area contributed by atoms with Crippen LogP contribution in [0.2, 0.25) is 0 Å². The first-order valence-electron chi connectivity index (χ1n) is 7.78. The van der Waals surface area contributed by atoms with E-state index in [1.54, 1.807) is 43.3 Å². The van der Waals surface area contributed by atoms with Gasteiger partial charge in [-0.05, 0) is 42.8 Å². The highest BCUT2D eigenvalue weighted by Crippen LogP contribution is 2.27. The molecule has 7 heteroatoms. The number of nitriles is 1. The first-order chi connectivity index (χ1) is 12.5. The third kappa shape index (κ3) is 4.85. The fourth-order valence-electron chi connectivity index (χ4n) is 2.05. The third-order valence-electron chi connectivity index (χ3n) is 3.29. The summed E-state index contributed by atoms with van der Waals surface area (Å²) in [5.74, 6) is -1.05. The van der Waals surface area contributed by atoms with Crippen LogP contribution in [0.1, 0.15) is 22.8 Å². The Bertz CT molecular complexity index is 870. The Labute approximate surface area is 150 Å². The average molecular weight is 351 g/mol. The zero-order valence-corrected chi connectivity index (χ0v) is 14.0. The molecule has 0 aromatic heterocycles. The molecule has 2 aromatic carbocycles. The van der Waals surface area contributed by atoms with Crippen molar-refractivity contribution >= 4 is 17.9 Å². The molecule has 0 saturated heterocycles. The van der Waals surface area contributed by atoms with E-state index in [2.05, 4.69) is 10.9 Å². The van der Waals surface area contributed by atoms with Gasteiger partial charge in [-0.2, -0.15) is 5.26 Å². The molecule has 0 spiro atoms. The molecule has 0 fully saturated rings. The Hall–Kier alpha value is -3.79. The maximum absolute atomic E-state index is 12.1. The van der Waals surface area contributed by atoms with Gasteiger partial charge in [0.15, 0.2) is 11.5 Å². The van der Waals surface area contributed by atoms with Crippen molar-refractivity contribution in [2.24, 2.45) is 0 Å². The lowest BCUT2D eigenvalue weighted by Crippen LogP contribution is -2.42. The molecule has 2 aromatic rings. The molecule has 2 amide bonds. The second-order valence-electron chi connectivity index (χ2n) is 5.10. The fourth-order valence-corrected chi connectivity index (χ4v) is 2.05. The summed E-state index contributed by atoms with van der Waals surface area (Å²) in [6, 6.07) is 14.5. The predicted molar refractivity (Wildman–Crippen MR) is 94.9 cm³/mol. The van der Waals surface area contributed by atoms with Crippen molar-refractivity contribution in [1.82, 2.24) is 10.9 Å². The molecule has 0 unspecified atom stereocenters. The number of hydrogen-bond donors (Lipinski definition) is 3. The second-order valence-corrected chi connectivity index (χ2v) is 5.10. The summed E-state index contributed by atoms with van der Waals surface area (Å²) < 4.78 is 5.26. The van der Waals surface area contributed by atoms with Crippen molar-refractivity contribution in [3.8, 4) is 17.6 Å². The smallest absolute Gasteiger partial charge is 0.280 e. The van der Waals surface area contributed by atoms with Gasteiger partial charge in [-0.25, -0.2) is 0 Å². The first kappa shape index (κ1) is 18.5. The van der Waals surface area contributed by atoms with Crippen LogP contribution in [0, 0.1) is 11.3 Å². The summed E-state index contributed by atoms with van der Waals surface area (Å²) in [6.07, 6.45) is 1.33. The minimum absolute atomic E-state index is 0.0397. The van der Waals surface area contributed by atoms with Gasteiger partial charge in [0.05, 0.1) is 6.61 Å². The van der Waals surface area contributed by atoms with Gasteiger partial charge in [0.25, 0.3) is 11.8 Å². The van der Waals surface area contributed by atoms with Gasteiger partial charge in [0.1, 0.15) is 11.6 Å². The van der Waals surface area contributed by atoms with E-state index in [-0.39, 0.29) is 17.1 Å². The molecule has 2 rings (SSSR count). The summed E-state index contributed by atoms with van der Waals surface area (Å²) in [5.41, 5.74) is 5.09. The van der Waals surface area contributed by atoms with Crippen LogP contribution in [-0.4, -0.2) is 23.5 Å². The quantitative estimate of drug-likeness (QED) is 0.434. The number of hydrazine groups is 1. The lowest BCUT2D eigenvalue weighted by Gasteiger charge is -2.08. The Kier molecular flexibility index (Phi) is 6.34. The highest BCUT2D eigenvalue weighted by atomic mass is 16.5. The van der Waals surface area contributed by atoms with Gasteiger partial charge in [-0.3, -0.25) is 20.4 Å². The molecular formula is C19H17N3O4. The van der Waals surface area contributed by atoms with E-state index in [4.69, 9.17) is 4.74 Å². The molecule has 0 atom stereocenters. The normalized spacial score (nSPS) is 10.5. The minimum Gasteiger partial charge on any atom is -0.504 e. The number of ether oxygens (including phenoxy) is 1. The number of hydrogen-bond acceptors (Lipinski definition) is 5. The molecule has 7 nitrogen and oxygen atoms in total. The van der Waals surface area contributed by atoms with Gasteiger partial charge in [0, 0.05) is 5.56 Å². The highest BCUT2D eigenvalue weighted by Gasteiger charge is 2.12. The Morgan fingerprint density at radius 3 is 2.58 bits per heavy atom. The van der Waals surface area contributed by atoms with Crippen molar-refractivity contribution in [3.63, 3.8) is 0 Å². The maximum atomic E-state index is 12.1. The largest absolute Gasteiger partial charge is 0.504 e. The summed E-state index contributed by atoms with van der Waals surface area (Å²) in [6.45, 7) is 2.13. The second kappa shape index (κ2) is 8.89. The number of nitrogens with zero attached hydrogens (tertiary/aromatic N) is 1. The molecular weight excluding hydrogens is 334 g/mol. The van der Waals surface area contributed by atoms with Gasteiger partial charge < -0.3 is 9.84 Å². The summed E-state index contributed by atoms with van der Waals surface area (Å²) in [7, 11) is 0. The van der Waals surface area contributed by atoms with Crippen molar-refractivity contribution in [1.29, 1.82) is 5.26 Å². The van der Waals surface area contributed by atoms with Crippen molar-refractivity contribution in [2.75, 3.05) is 6.61 Å². The Morgan fingerprint density at radius 1 is 1.19 bits per heavy atom. The van der Waals surface area contributed by atoms with Crippen LogP contribution in [0.5, 0.6) is 11.5 Å². The number of amides is 2. The summed E-state index contributed by atoms with van der Waals surface area (Å²) in [4.78, 5) is 24.0. The van der Waals surface area contributed by atoms with Gasteiger partial charge in [-0.15, -0.1) is 0 Å². The van der Waals surface area contributed by atoms with Crippen LogP contribution in [0.15, 0.2) is 54.1 Å². The van der Waals surface area contributed by atoms with Crippen molar-refractivity contribution in [2.45, 2.75) is 6.92 Å². The number of phenols is 1. The number of phenolic OH excluding ortho intramolecular Hbond substituents is 1. The molecule has 0 aliphatic rings. The number of carbonyl (C=O) groups excluding carboxylic acids is 2. The number of rotatable bonds is 5. The molecule has 132 valence electrons. The average Bonchev–Trinajstić information content (AvgIpc) is 2.67. The monoisotopic (exact) mass is 351 g/mol. The fraction of sp³-hybridized carbons (Fsp3) is 0.105. The van der Waals surface area contributed by atoms with E-state index in [9.17, 15) is 20.0 Å². The number of carbonyl (C=O) groups is 2. The van der Waals surface area contributed by atoms with Crippen LogP contribution in [0.4, 0.5) is 0 Å². The first-order valence-corrected chi connectivity index (χ1v) is 7.78. The maximum Gasteiger partial charge on any atom is 0.280 e. The van der Waals surface area contributed by atoms with Crippen LogP contribution in [-0.2, 0) is 4.79 Å². The topological polar surface area (TPSA) is 111 Å². The van der Waals surface area contributed by atoms with E-state index < -0.39 is 11.8 Å². The standard InChI is InChI=1S/C19H17N3O4/c1-2-26-17-11-13(8-9-16(17)23)10-15(12-20)19(25)22-21-18(24)14-6-4-3-5-7-14/h3-11,23H,2H2,1H3,(H,21,24)(H,22,25). The van der Waals surface area contributed by atoms with Crippen LogP contribution in [0.3, 0.4) is 0 Å². The van der Waals surface area contributed by atoms with E-state index in [1.807, 2.05) is 0 Å². The van der Waals surface area contributed by atoms with Gasteiger partial charge >= 0.3 is 0 Å². The lowest BCUT2D eigenvalue weighted by molar-refractivity contribution is -0.117. The highest BCUT2D eigenvalue weighted by molar-refractivity contribution is 6.03. The predicted octanol–water partition coefficient (Wildman–Crippen LogP) is 2.16. The summed E-state index contributed by atoms with van der Waals surface area (Å²) in [5, 5.41) is 18.9. The van der Waals surface area contributed by atoms with Crippen molar-refractivity contribution < 1.29 is 19.4 Å². The Morgan fingerprint density at radius 2 is 1.92 bits per heavy atom. The molecule has 26 heavy (non-hydrogen) atoms. The van der Waals surface area contributed by atoms with Crippen LogP contribution in [0.25, 0.3) is 6.08 Å². The molecule has 0 bridgehead atoms. The lowest BCUT2D eigenvalue weighted by atomic mass is 10.1.